The molecule has 2 heteroatoms. The van der Waals surface area contributed by atoms with Crippen LogP contribution in [-0.2, 0) is 17.6 Å². The lowest BCUT2D eigenvalue weighted by atomic mass is 9.88. The van der Waals surface area contributed by atoms with Crippen LogP contribution in [-0.4, -0.2) is 11.6 Å². The summed E-state index contributed by atoms with van der Waals surface area (Å²) in [6, 6.07) is 5.73. The van der Waals surface area contributed by atoms with Crippen molar-refractivity contribution in [3.05, 3.63) is 46.5 Å². The van der Waals surface area contributed by atoms with Gasteiger partial charge in [0.15, 0.2) is 11.6 Å². The zero-order valence-electron chi connectivity index (χ0n) is 9.54. The van der Waals surface area contributed by atoms with Crippen molar-refractivity contribution in [2.45, 2.75) is 26.7 Å². The van der Waals surface area contributed by atoms with Crippen molar-refractivity contribution in [2.75, 3.05) is 0 Å². The molecular formula is C14H14O2. The maximum absolute atomic E-state index is 11.3. The number of carbonyl (C=O) groups is 2. The number of hydrogen-bond acceptors (Lipinski definition) is 2. The molecule has 1 aromatic carbocycles. The quantitative estimate of drug-likeness (QED) is 0.709. The van der Waals surface area contributed by atoms with Crippen LogP contribution in [0.2, 0.25) is 0 Å². The minimum atomic E-state index is 0.0872. The van der Waals surface area contributed by atoms with Gasteiger partial charge in [0.25, 0.3) is 0 Å². The second-order valence-electron chi connectivity index (χ2n) is 4.21. The molecule has 0 fully saturated rings. The van der Waals surface area contributed by atoms with E-state index in [2.05, 4.69) is 0 Å². The van der Waals surface area contributed by atoms with Crippen LogP contribution in [0.1, 0.15) is 35.3 Å². The van der Waals surface area contributed by atoms with E-state index in [-0.39, 0.29) is 11.6 Å². The van der Waals surface area contributed by atoms with Crippen LogP contribution in [0.5, 0.6) is 0 Å². The number of Topliss-reactive ketones (excluding diaryl/α,β-unsaturated/α-hetero) is 2. The van der Waals surface area contributed by atoms with Gasteiger partial charge in [0.05, 0.1) is 0 Å². The zero-order chi connectivity index (χ0) is 11.7. The van der Waals surface area contributed by atoms with E-state index in [1.807, 2.05) is 24.3 Å². The average Bonchev–Trinajstić information content (AvgIpc) is 2.27. The topological polar surface area (TPSA) is 34.1 Å². The minimum absolute atomic E-state index is 0.0872. The number of rotatable bonds is 2. The molecular weight excluding hydrogens is 200 g/mol. The van der Waals surface area contributed by atoms with Crippen LogP contribution in [0.4, 0.5) is 0 Å². The van der Waals surface area contributed by atoms with Crippen LogP contribution < -0.4 is 0 Å². The van der Waals surface area contributed by atoms with E-state index in [4.69, 9.17) is 0 Å². The molecule has 1 aliphatic rings. The molecule has 1 aliphatic carbocycles. The van der Waals surface area contributed by atoms with E-state index >= 15 is 0 Å². The van der Waals surface area contributed by atoms with E-state index in [1.165, 1.54) is 0 Å². The summed E-state index contributed by atoms with van der Waals surface area (Å²) in [6.45, 7) is 3.17. The summed E-state index contributed by atoms with van der Waals surface area (Å²) in [4.78, 5) is 22.5. The van der Waals surface area contributed by atoms with Crippen LogP contribution in [0, 0.1) is 0 Å². The SMILES string of the molecule is CC(=O)C1=CCc2cc(C(C)=O)ccc2C1. The normalized spacial score (nSPS) is 14.0. The van der Waals surface area contributed by atoms with Crippen LogP contribution in [0.3, 0.4) is 0 Å². The van der Waals surface area contributed by atoms with Crippen molar-refractivity contribution in [2.24, 2.45) is 0 Å². The van der Waals surface area contributed by atoms with Crippen LogP contribution >= 0.6 is 0 Å². The highest BCUT2D eigenvalue weighted by Crippen LogP contribution is 2.22. The van der Waals surface area contributed by atoms with Crippen molar-refractivity contribution in [3.8, 4) is 0 Å². The van der Waals surface area contributed by atoms with E-state index in [0.29, 0.717) is 6.42 Å². The summed E-state index contributed by atoms with van der Waals surface area (Å²) in [5.74, 6) is 0.227. The molecule has 0 heterocycles. The average molecular weight is 214 g/mol. The molecule has 0 spiro atoms. The fourth-order valence-corrected chi connectivity index (χ4v) is 1.99. The molecule has 1 aromatic rings. The molecule has 0 radical (unpaired) electrons. The fourth-order valence-electron chi connectivity index (χ4n) is 1.99. The molecule has 0 unspecified atom stereocenters. The Morgan fingerprint density at radius 1 is 1.06 bits per heavy atom. The third kappa shape index (κ3) is 1.96. The van der Waals surface area contributed by atoms with E-state index in [9.17, 15) is 9.59 Å². The maximum atomic E-state index is 11.3. The first kappa shape index (κ1) is 10.8. The van der Waals surface area contributed by atoms with Gasteiger partial charge in [-0.15, -0.1) is 0 Å². The molecule has 82 valence electrons. The minimum Gasteiger partial charge on any atom is -0.295 e. The Morgan fingerprint density at radius 3 is 2.44 bits per heavy atom. The van der Waals surface area contributed by atoms with E-state index < -0.39 is 0 Å². The Hall–Kier alpha value is -1.70. The summed E-state index contributed by atoms with van der Waals surface area (Å²) in [6.07, 6.45) is 3.42. The Morgan fingerprint density at radius 2 is 1.81 bits per heavy atom. The van der Waals surface area contributed by atoms with Crippen molar-refractivity contribution in [1.29, 1.82) is 0 Å². The molecule has 0 saturated carbocycles. The molecule has 16 heavy (non-hydrogen) atoms. The number of hydrogen-bond donors (Lipinski definition) is 0. The van der Waals surface area contributed by atoms with Gasteiger partial charge in [-0.3, -0.25) is 9.59 Å². The van der Waals surface area contributed by atoms with Gasteiger partial charge in [-0.05, 0) is 43.0 Å². The second-order valence-corrected chi connectivity index (χ2v) is 4.21. The summed E-state index contributed by atoms with van der Waals surface area (Å²) in [5.41, 5.74) is 3.96. The van der Waals surface area contributed by atoms with E-state index in [1.54, 1.807) is 13.8 Å². The Kier molecular flexibility index (Phi) is 2.73. The van der Waals surface area contributed by atoms with Crippen molar-refractivity contribution in [3.63, 3.8) is 0 Å². The first-order chi connectivity index (χ1) is 7.58. The Labute approximate surface area is 95.0 Å². The van der Waals surface area contributed by atoms with Crippen molar-refractivity contribution < 1.29 is 9.59 Å². The van der Waals surface area contributed by atoms with Crippen molar-refractivity contribution >= 4 is 11.6 Å². The first-order valence-corrected chi connectivity index (χ1v) is 5.40. The predicted molar refractivity (Wildman–Crippen MR) is 62.6 cm³/mol. The molecule has 0 N–H and O–H groups in total. The van der Waals surface area contributed by atoms with Gasteiger partial charge < -0.3 is 0 Å². The molecule has 0 aromatic heterocycles. The van der Waals surface area contributed by atoms with Crippen LogP contribution in [0.25, 0.3) is 0 Å². The van der Waals surface area contributed by atoms with Gasteiger partial charge >= 0.3 is 0 Å². The van der Waals surface area contributed by atoms with Gasteiger partial charge in [0, 0.05) is 12.0 Å². The monoisotopic (exact) mass is 214 g/mol. The Balaban J connectivity index is 2.34. The first-order valence-electron chi connectivity index (χ1n) is 5.40. The third-order valence-electron chi connectivity index (χ3n) is 3.01. The second kappa shape index (κ2) is 4.05. The van der Waals surface area contributed by atoms with Crippen molar-refractivity contribution in [1.82, 2.24) is 0 Å². The lowest BCUT2D eigenvalue weighted by Crippen LogP contribution is -2.09. The van der Waals surface area contributed by atoms with Gasteiger partial charge in [0.1, 0.15) is 0 Å². The maximum Gasteiger partial charge on any atom is 0.159 e. The molecule has 0 atom stereocenters. The highest BCUT2D eigenvalue weighted by molar-refractivity contribution is 5.95. The molecule has 0 aliphatic heterocycles. The summed E-state index contributed by atoms with van der Waals surface area (Å²) in [5, 5.41) is 0. The molecule has 2 nitrogen and oxygen atoms in total. The third-order valence-corrected chi connectivity index (χ3v) is 3.01. The number of fused-ring (bicyclic) bond motifs is 1. The molecule has 0 amide bonds. The molecule has 0 bridgehead atoms. The van der Waals surface area contributed by atoms with Gasteiger partial charge in [0.2, 0.25) is 0 Å². The van der Waals surface area contributed by atoms with Gasteiger partial charge in [-0.25, -0.2) is 0 Å². The highest BCUT2D eigenvalue weighted by atomic mass is 16.1. The molecule has 0 saturated heterocycles. The lowest BCUT2D eigenvalue weighted by molar-refractivity contribution is -0.113. The summed E-state index contributed by atoms with van der Waals surface area (Å²) in [7, 11) is 0. The number of allylic oxidation sites excluding steroid dienone is 2. The highest BCUT2D eigenvalue weighted by Gasteiger charge is 2.14. The van der Waals surface area contributed by atoms with Gasteiger partial charge in [-0.2, -0.15) is 0 Å². The predicted octanol–water partition coefficient (Wildman–Crippen LogP) is 2.50. The van der Waals surface area contributed by atoms with E-state index in [0.717, 1.165) is 28.7 Å². The van der Waals surface area contributed by atoms with Crippen LogP contribution in [0.15, 0.2) is 29.8 Å². The Bertz CT molecular complexity index is 495. The summed E-state index contributed by atoms with van der Waals surface area (Å²) < 4.78 is 0. The standard InChI is InChI=1S/C14H14O2/c1-9(15)11-3-5-14-8-12(10(2)16)4-6-13(14)7-11/h3-5,7H,6,8H2,1-2H3. The number of carbonyl (C=O) groups excluding carboxylic acids is 2. The number of benzene rings is 1. The van der Waals surface area contributed by atoms with Gasteiger partial charge in [-0.1, -0.05) is 18.2 Å². The number of ketones is 2. The summed E-state index contributed by atoms with van der Waals surface area (Å²) >= 11 is 0. The smallest absolute Gasteiger partial charge is 0.159 e. The zero-order valence-corrected chi connectivity index (χ0v) is 9.54. The fraction of sp³-hybridized carbons (Fsp3) is 0.286. The molecule has 2 rings (SSSR count). The largest absolute Gasteiger partial charge is 0.295 e. The lowest BCUT2D eigenvalue weighted by Gasteiger charge is -2.16.